The molecule has 1 aliphatic rings. The molecule has 0 radical (unpaired) electrons. The number of carbonyl (C=O) groups is 2. The number of hydrogen-bond acceptors (Lipinski definition) is 4. The summed E-state index contributed by atoms with van der Waals surface area (Å²) in [6.07, 6.45) is 2.21. The number of carbonyl (C=O) groups excluding carboxylic acids is 2. The Kier molecular flexibility index (Phi) is 6.66. The van der Waals surface area contributed by atoms with Crippen molar-refractivity contribution in [3.63, 3.8) is 0 Å². The zero-order valence-corrected chi connectivity index (χ0v) is 16.2. The number of ether oxygens (including phenoxy) is 2. The van der Waals surface area contributed by atoms with E-state index < -0.39 is 0 Å². The largest absolute Gasteiger partial charge is 0.491 e. The molecular weight excluding hydrogens is 356 g/mol. The molecule has 2 amide bonds. The Bertz CT molecular complexity index is 812. The van der Waals surface area contributed by atoms with Gasteiger partial charge in [-0.25, -0.2) is 0 Å². The molecule has 1 saturated heterocycles. The minimum Gasteiger partial charge on any atom is -0.491 e. The van der Waals surface area contributed by atoms with Crippen molar-refractivity contribution in [2.45, 2.75) is 32.8 Å². The second kappa shape index (κ2) is 9.37. The van der Waals surface area contributed by atoms with Crippen LogP contribution < -0.4 is 15.4 Å². The summed E-state index contributed by atoms with van der Waals surface area (Å²) in [5, 5.41) is 5.67. The monoisotopic (exact) mass is 382 g/mol. The van der Waals surface area contributed by atoms with Gasteiger partial charge in [0.1, 0.15) is 12.4 Å². The van der Waals surface area contributed by atoms with Gasteiger partial charge in [0.05, 0.1) is 6.10 Å². The molecule has 1 fully saturated rings. The van der Waals surface area contributed by atoms with Crippen LogP contribution in [0.3, 0.4) is 0 Å². The quantitative estimate of drug-likeness (QED) is 0.756. The van der Waals surface area contributed by atoms with Gasteiger partial charge in [-0.05, 0) is 55.3 Å². The summed E-state index contributed by atoms with van der Waals surface area (Å²) in [4.78, 5) is 24.2. The summed E-state index contributed by atoms with van der Waals surface area (Å²) in [7, 11) is 0. The van der Waals surface area contributed by atoms with Crippen molar-refractivity contribution < 1.29 is 19.1 Å². The van der Waals surface area contributed by atoms with Crippen molar-refractivity contribution in [2.75, 3.05) is 23.8 Å². The fraction of sp³-hybridized carbons (Fsp3) is 0.364. The lowest BCUT2D eigenvalue weighted by molar-refractivity contribution is -0.118. The second-order valence-corrected chi connectivity index (χ2v) is 7.15. The highest BCUT2D eigenvalue weighted by atomic mass is 16.5. The Labute approximate surface area is 165 Å². The van der Waals surface area contributed by atoms with Gasteiger partial charge in [0.2, 0.25) is 5.91 Å². The molecule has 3 rings (SSSR count). The first-order valence-corrected chi connectivity index (χ1v) is 9.58. The Hall–Kier alpha value is -2.86. The predicted octanol–water partition coefficient (Wildman–Crippen LogP) is 4.09. The Morgan fingerprint density at radius 1 is 1.11 bits per heavy atom. The molecule has 1 heterocycles. The van der Waals surface area contributed by atoms with Gasteiger partial charge < -0.3 is 20.1 Å². The maximum atomic E-state index is 12.5. The van der Waals surface area contributed by atoms with Crippen LogP contribution in [0.4, 0.5) is 11.4 Å². The van der Waals surface area contributed by atoms with Gasteiger partial charge in [-0.3, -0.25) is 9.59 Å². The lowest BCUT2D eigenvalue weighted by atomic mass is 10.2. The van der Waals surface area contributed by atoms with Gasteiger partial charge in [-0.2, -0.15) is 0 Å². The molecule has 0 aromatic heterocycles. The predicted molar refractivity (Wildman–Crippen MR) is 109 cm³/mol. The highest BCUT2D eigenvalue weighted by molar-refractivity contribution is 6.04. The molecule has 0 aliphatic carbocycles. The third kappa shape index (κ3) is 5.57. The molecule has 1 unspecified atom stereocenters. The van der Waals surface area contributed by atoms with E-state index in [2.05, 4.69) is 10.6 Å². The molecule has 28 heavy (non-hydrogen) atoms. The van der Waals surface area contributed by atoms with Crippen LogP contribution >= 0.6 is 0 Å². The van der Waals surface area contributed by atoms with Crippen molar-refractivity contribution in [2.24, 2.45) is 5.92 Å². The standard InChI is InChI=1S/C22H26N2O4/c1-15(2)21(25)23-17-8-10-18(11-9-17)24-22(26)16-5-3-6-19(13-16)28-14-20-7-4-12-27-20/h3,5-6,8-11,13,15,20H,4,7,12,14H2,1-2H3,(H,23,25)(H,24,26). The highest BCUT2D eigenvalue weighted by Crippen LogP contribution is 2.19. The normalized spacial score (nSPS) is 16.0. The van der Waals surface area contributed by atoms with Gasteiger partial charge in [-0.15, -0.1) is 0 Å². The van der Waals surface area contributed by atoms with E-state index in [1.807, 2.05) is 19.9 Å². The second-order valence-electron chi connectivity index (χ2n) is 7.15. The lowest BCUT2D eigenvalue weighted by Gasteiger charge is -2.12. The Morgan fingerprint density at radius 2 is 1.82 bits per heavy atom. The highest BCUT2D eigenvalue weighted by Gasteiger charge is 2.16. The summed E-state index contributed by atoms with van der Waals surface area (Å²) >= 11 is 0. The van der Waals surface area contributed by atoms with Crippen LogP contribution in [0.5, 0.6) is 5.75 Å². The van der Waals surface area contributed by atoms with Crippen molar-refractivity contribution in [1.82, 2.24) is 0 Å². The van der Waals surface area contributed by atoms with Crippen molar-refractivity contribution >= 4 is 23.2 Å². The topological polar surface area (TPSA) is 76.7 Å². The fourth-order valence-corrected chi connectivity index (χ4v) is 2.82. The minimum absolute atomic E-state index is 0.0448. The van der Waals surface area contributed by atoms with Crippen LogP contribution in [0.1, 0.15) is 37.0 Å². The fourth-order valence-electron chi connectivity index (χ4n) is 2.82. The van der Waals surface area contributed by atoms with Crippen molar-refractivity contribution in [3.05, 3.63) is 54.1 Å². The van der Waals surface area contributed by atoms with Crippen LogP contribution in [0.25, 0.3) is 0 Å². The lowest BCUT2D eigenvalue weighted by Crippen LogP contribution is -2.18. The molecule has 2 aromatic carbocycles. The molecule has 2 N–H and O–H groups in total. The van der Waals surface area contributed by atoms with E-state index in [4.69, 9.17) is 9.47 Å². The molecule has 0 saturated carbocycles. The van der Waals surface area contributed by atoms with Crippen LogP contribution in [0, 0.1) is 5.92 Å². The van der Waals surface area contributed by atoms with Gasteiger partial charge in [0.25, 0.3) is 5.91 Å². The van der Waals surface area contributed by atoms with Gasteiger partial charge in [0, 0.05) is 29.5 Å². The first-order valence-electron chi connectivity index (χ1n) is 9.58. The number of anilines is 2. The van der Waals surface area contributed by atoms with Crippen LogP contribution in [0.15, 0.2) is 48.5 Å². The average Bonchev–Trinajstić information content (AvgIpc) is 3.21. The molecule has 6 nitrogen and oxygen atoms in total. The first-order chi connectivity index (χ1) is 13.5. The molecule has 2 aromatic rings. The molecular formula is C22H26N2O4. The molecule has 0 spiro atoms. The smallest absolute Gasteiger partial charge is 0.255 e. The van der Waals surface area contributed by atoms with E-state index in [1.54, 1.807) is 42.5 Å². The van der Waals surface area contributed by atoms with E-state index in [0.717, 1.165) is 19.4 Å². The summed E-state index contributed by atoms with van der Waals surface area (Å²) in [6.45, 7) is 4.95. The van der Waals surface area contributed by atoms with Gasteiger partial charge >= 0.3 is 0 Å². The third-order valence-corrected chi connectivity index (χ3v) is 4.49. The van der Waals surface area contributed by atoms with Crippen LogP contribution in [-0.4, -0.2) is 31.1 Å². The van der Waals surface area contributed by atoms with E-state index in [-0.39, 0.29) is 23.8 Å². The van der Waals surface area contributed by atoms with Crippen LogP contribution in [0.2, 0.25) is 0 Å². The average molecular weight is 382 g/mol. The molecule has 6 heteroatoms. The third-order valence-electron chi connectivity index (χ3n) is 4.49. The maximum Gasteiger partial charge on any atom is 0.255 e. The Morgan fingerprint density at radius 3 is 2.46 bits per heavy atom. The molecule has 0 bridgehead atoms. The number of nitrogens with one attached hydrogen (secondary N) is 2. The number of amides is 2. The zero-order chi connectivity index (χ0) is 19.9. The van der Waals surface area contributed by atoms with Crippen molar-refractivity contribution in [1.29, 1.82) is 0 Å². The maximum absolute atomic E-state index is 12.5. The van der Waals surface area contributed by atoms with E-state index >= 15 is 0 Å². The van der Waals surface area contributed by atoms with E-state index in [9.17, 15) is 9.59 Å². The minimum atomic E-state index is -0.221. The molecule has 1 atom stereocenters. The zero-order valence-electron chi connectivity index (χ0n) is 16.2. The molecule has 148 valence electrons. The number of rotatable bonds is 7. The van der Waals surface area contributed by atoms with Crippen molar-refractivity contribution in [3.8, 4) is 5.75 Å². The molecule has 1 aliphatic heterocycles. The number of benzene rings is 2. The van der Waals surface area contributed by atoms with E-state index in [1.165, 1.54) is 0 Å². The number of hydrogen-bond donors (Lipinski definition) is 2. The van der Waals surface area contributed by atoms with Gasteiger partial charge in [0.15, 0.2) is 0 Å². The summed E-state index contributed by atoms with van der Waals surface area (Å²) in [5.74, 6) is 0.294. The summed E-state index contributed by atoms with van der Waals surface area (Å²) in [6, 6.07) is 14.1. The summed E-state index contributed by atoms with van der Waals surface area (Å²) in [5.41, 5.74) is 1.86. The van der Waals surface area contributed by atoms with Crippen LogP contribution in [-0.2, 0) is 9.53 Å². The SMILES string of the molecule is CC(C)C(=O)Nc1ccc(NC(=O)c2cccc(OCC3CCCO3)c2)cc1. The summed E-state index contributed by atoms with van der Waals surface area (Å²) < 4.78 is 11.3. The Balaban J connectivity index is 1.56. The van der Waals surface area contributed by atoms with Gasteiger partial charge in [-0.1, -0.05) is 19.9 Å². The first kappa shape index (κ1) is 19.9. The van der Waals surface area contributed by atoms with E-state index in [0.29, 0.717) is 29.3 Å².